The summed E-state index contributed by atoms with van der Waals surface area (Å²) in [5.41, 5.74) is 0. The minimum absolute atomic E-state index is 0.0639. The zero-order chi connectivity index (χ0) is 56.4. The van der Waals surface area contributed by atoms with E-state index in [-0.39, 0.29) is 31.1 Å². The third kappa shape index (κ3) is 65.0. The number of ether oxygens (including phenoxy) is 3. The lowest BCUT2D eigenvalue weighted by Gasteiger charge is -2.18. The summed E-state index contributed by atoms with van der Waals surface area (Å²) in [6.07, 6.45) is 81.7. The van der Waals surface area contributed by atoms with Crippen LogP contribution in [0.1, 0.15) is 412 Å². The second kappa shape index (κ2) is 67.7. The molecule has 0 spiro atoms. The van der Waals surface area contributed by atoms with Crippen molar-refractivity contribution in [3.05, 3.63) is 12.2 Å². The number of allylic oxidation sites excluding steroid dienone is 2. The van der Waals surface area contributed by atoms with Gasteiger partial charge in [-0.25, -0.2) is 0 Å². The van der Waals surface area contributed by atoms with Gasteiger partial charge in [-0.05, 0) is 44.9 Å². The highest BCUT2D eigenvalue weighted by molar-refractivity contribution is 5.71. The molecule has 1 unspecified atom stereocenters. The van der Waals surface area contributed by atoms with Crippen LogP contribution in [0, 0.1) is 0 Å². The summed E-state index contributed by atoms with van der Waals surface area (Å²) in [4.78, 5) is 38.0. The van der Waals surface area contributed by atoms with Crippen LogP contribution in [0.5, 0.6) is 0 Å². The van der Waals surface area contributed by atoms with E-state index >= 15 is 0 Å². The molecule has 0 fully saturated rings. The molecule has 0 aromatic rings. The first kappa shape index (κ1) is 76.1. The molecule has 0 radical (unpaired) electrons. The van der Waals surface area contributed by atoms with E-state index < -0.39 is 6.10 Å². The molecule has 0 aromatic carbocycles. The minimum atomic E-state index is -0.763. The smallest absolute Gasteiger partial charge is 0.306 e. The van der Waals surface area contributed by atoms with Crippen LogP contribution in [0.3, 0.4) is 0 Å². The zero-order valence-electron chi connectivity index (χ0n) is 53.2. The molecule has 1 atom stereocenters. The normalized spacial score (nSPS) is 12.0. The van der Waals surface area contributed by atoms with Crippen LogP contribution in [0.25, 0.3) is 0 Å². The Bertz CT molecular complexity index is 1210. The van der Waals surface area contributed by atoms with Crippen LogP contribution in [-0.4, -0.2) is 37.2 Å². The number of rotatable bonds is 67. The van der Waals surface area contributed by atoms with Crippen molar-refractivity contribution in [3.8, 4) is 0 Å². The maximum absolute atomic E-state index is 12.9. The molecule has 0 aliphatic carbocycles. The number of esters is 3. The van der Waals surface area contributed by atoms with Crippen molar-refractivity contribution in [1.29, 1.82) is 0 Å². The predicted octanol–water partition coefficient (Wildman–Crippen LogP) is 24.4. The van der Waals surface area contributed by atoms with Crippen molar-refractivity contribution in [2.75, 3.05) is 13.2 Å². The third-order valence-electron chi connectivity index (χ3n) is 16.5. The van der Waals surface area contributed by atoms with Gasteiger partial charge in [-0.15, -0.1) is 0 Å². The van der Waals surface area contributed by atoms with Crippen molar-refractivity contribution in [2.45, 2.75) is 419 Å². The van der Waals surface area contributed by atoms with Crippen molar-refractivity contribution in [3.63, 3.8) is 0 Å². The van der Waals surface area contributed by atoms with Crippen LogP contribution < -0.4 is 0 Å². The van der Waals surface area contributed by atoms with E-state index in [2.05, 4.69) is 32.9 Å². The Hall–Kier alpha value is -1.85. The molecule has 0 amide bonds. The van der Waals surface area contributed by atoms with Crippen molar-refractivity contribution in [2.24, 2.45) is 0 Å². The van der Waals surface area contributed by atoms with Gasteiger partial charge in [0, 0.05) is 19.3 Å². The molecule has 78 heavy (non-hydrogen) atoms. The highest BCUT2D eigenvalue weighted by atomic mass is 16.6. The molecule has 0 aliphatic rings. The average Bonchev–Trinajstić information content (AvgIpc) is 3.44. The van der Waals surface area contributed by atoms with E-state index in [4.69, 9.17) is 14.2 Å². The van der Waals surface area contributed by atoms with E-state index in [9.17, 15) is 14.4 Å². The molecule has 0 saturated heterocycles. The fraction of sp³-hybridized carbons (Fsp3) is 0.931. The van der Waals surface area contributed by atoms with Gasteiger partial charge in [0.05, 0.1) is 0 Å². The number of carbonyl (C=O) groups excluding carboxylic acids is 3. The molecular formula is C72H138O6. The van der Waals surface area contributed by atoms with Crippen molar-refractivity contribution >= 4 is 17.9 Å². The van der Waals surface area contributed by atoms with E-state index in [1.807, 2.05) is 0 Å². The SMILES string of the molecule is CCCCCCCCCC/C=C\CCCCCCCCCCCCCCCCCCCC(=O)OCC(COC(=O)CCCCCCC)OC(=O)CCCCCCCCCCCCCCCCCCCCCCCCCCCC. The lowest BCUT2D eigenvalue weighted by atomic mass is 10.0. The average molecular weight is 1100 g/mol. The van der Waals surface area contributed by atoms with Crippen LogP contribution in [0.15, 0.2) is 12.2 Å². The van der Waals surface area contributed by atoms with Gasteiger partial charge in [0.15, 0.2) is 6.10 Å². The van der Waals surface area contributed by atoms with Gasteiger partial charge < -0.3 is 14.2 Å². The Morgan fingerprint density at radius 3 is 0.641 bits per heavy atom. The van der Waals surface area contributed by atoms with Crippen LogP contribution in [0.2, 0.25) is 0 Å². The first-order valence-electron chi connectivity index (χ1n) is 35.7. The molecule has 0 saturated carbocycles. The maximum atomic E-state index is 12.9. The van der Waals surface area contributed by atoms with Crippen molar-refractivity contribution < 1.29 is 28.6 Å². The number of hydrogen-bond acceptors (Lipinski definition) is 6. The second-order valence-electron chi connectivity index (χ2n) is 24.5. The summed E-state index contributed by atoms with van der Waals surface area (Å²) >= 11 is 0. The first-order chi connectivity index (χ1) is 38.5. The van der Waals surface area contributed by atoms with E-state index in [0.717, 1.165) is 64.2 Å². The fourth-order valence-corrected chi connectivity index (χ4v) is 11.2. The first-order valence-corrected chi connectivity index (χ1v) is 35.7. The summed E-state index contributed by atoms with van der Waals surface area (Å²) < 4.78 is 16.8. The zero-order valence-corrected chi connectivity index (χ0v) is 53.2. The lowest BCUT2D eigenvalue weighted by molar-refractivity contribution is -0.167. The molecule has 6 nitrogen and oxygen atoms in total. The Balaban J connectivity index is 3.90. The van der Waals surface area contributed by atoms with Gasteiger partial charge in [0.25, 0.3) is 0 Å². The highest BCUT2D eigenvalue weighted by Gasteiger charge is 2.19. The molecule has 0 bridgehead atoms. The molecule has 0 aromatic heterocycles. The van der Waals surface area contributed by atoms with Crippen LogP contribution >= 0.6 is 0 Å². The fourth-order valence-electron chi connectivity index (χ4n) is 11.2. The quantitative estimate of drug-likeness (QED) is 0.0261. The minimum Gasteiger partial charge on any atom is -0.462 e. The van der Waals surface area contributed by atoms with E-state index in [0.29, 0.717) is 19.3 Å². The standard InChI is InChI=1S/C72H138O6/c1-4-7-10-13-15-17-19-21-23-25-27-29-31-33-35-36-37-39-40-42-44-46-48-50-52-54-56-59-62-65-71(74)77-68-69(67-76-70(73)64-61-58-12-9-6-3)78-72(75)66-63-60-57-55-53-51-49-47-45-43-41-38-34-32-30-28-26-24-22-20-18-16-14-11-8-5-2/h25,27,69H,4-24,26,28-68H2,1-3H3/b27-25-. The monoisotopic (exact) mass is 1100 g/mol. The van der Waals surface area contributed by atoms with Crippen LogP contribution in [0.4, 0.5) is 0 Å². The summed E-state index contributed by atoms with van der Waals surface area (Å²) in [6.45, 7) is 6.64. The molecule has 0 N–H and O–H groups in total. The summed E-state index contributed by atoms with van der Waals surface area (Å²) in [7, 11) is 0. The molecule has 0 aliphatic heterocycles. The maximum Gasteiger partial charge on any atom is 0.306 e. The summed E-state index contributed by atoms with van der Waals surface area (Å²) in [6, 6.07) is 0. The largest absolute Gasteiger partial charge is 0.462 e. The molecule has 462 valence electrons. The number of unbranched alkanes of at least 4 members (excludes halogenated alkanes) is 54. The van der Waals surface area contributed by atoms with Crippen molar-refractivity contribution in [1.82, 2.24) is 0 Å². The Labute approximate surface area is 488 Å². The summed E-state index contributed by atoms with van der Waals surface area (Å²) in [5, 5.41) is 0. The summed E-state index contributed by atoms with van der Waals surface area (Å²) in [5.74, 6) is -0.847. The van der Waals surface area contributed by atoms with Gasteiger partial charge in [-0.1, -0.05) is 360 Å². The topological polar surface area (TPSA) is 78.9 Å². The van der Waals surface area contributed by atoms with Gasteiger partial charge in [-0.2, -0.15) is 0 Å². The van der Waals surface area contributed by atoms with E-state index in [1.54, 1.807) is 0 Å². The van der Waals surface area contributed by atoms with Gasteiger partial charge >= 0.3 is 17.9 Å². The predicted molar refractivity (Wildman–Crippen MR) is 340 cm³/mol. The highest BCUT2D eigenvalue weighted by Crippen LogP contribution is 2.19. The van der Waals surface area contributed by atoms with Gasteiger partial charge in [0.1, 0.15) is 13.2 Å². The van der Waals surface area contributed by atoms with Gasteiger partial charge in [-0.3, -0.25) is 14.4 Å². The third-order valence-corrected chi connectivity index (χ3v) is 16.5. The Morgan fingerprint density at radius 2 is 0.423 bits per heavy atom. The number of hydrogen-bond donors (Lipinski definition) is 0. The molecule has 0 heterocycles. The molecule has 6 heteroatoms. The van der Waals surface area contributed by atoms with E-state index in [1.165, 1.54) is 308 Å². The number of carbonyl (C=O) groups is 3. The Morgan fingerprint density at radius 1 is 0.244 bits per heavy atom. The second-order valence-corrected chi connectivity index (χ2v) is 24.5. The lowest BCUT2D eigenvalue weighted by Crippen LogP contribution is -2.30. The molecular weight excluding hydrogens is 961 g/mol. The van der Waals surface area contributed by atoms with Crippen LogP contribution in [-0.2, 0) is 28.6 Å². The molecule has 0 rings (SSSR count). The van der Waals surface area contributed by atoms with Gasteiger partial charge in [0.2, 0.25) is 0 Å². The Kier molecular flexibility index (Phi) is 66.0.